The van der Waals surface area contributed by atoms with Gasteiger partial charge in [0, 0.05) is 6.54 Å². The number of carbonyl (C=O) groups excluding carboxylic acids is 2. The van der Waals surface area contributed by atoms with Gasteiger partial charge in [0.25, 0.3) is 5.91 Å². The van der Waals surface area contributed by atoms with Gasteiger partial charge in [0.1, 0.15) is 0 Å². The summed E-state index contributed by atoms with van der Waals surface area (Å²) in [6.45, 7) is 1.59. The fraction of sp³-hybridized carbons (Fsp3) is 0.714. The summed E-state index contributed by atoms with van der Waals surface area (Å²) in [7, 11) is 1.16. The average molecular weight is 299 g/mol. The Morgan fingerprint density at radius 3 is 3.00 bits per heavy atom. The van der Waals surface area contributed by atoms with E-state index >= 15 is 0 Å². The van der Waals surface area contributed by atoms with Crippen molar-refractivity contribution in [1.29, 1.82) is 0 Å². The van der Waals surface area contributed by atoms with Crippen LogP contribution in [0.5, 0.6) is 0 Å². The molecular formula is C14H21NO6. The highest BCUT2D eigenvalue weighted by molar-refractivity contribution is 5.89. The van der Waals surface area contributed by atoms with Crippen LogP contribution in [0.25, 0.3) is 0 Å². The first kappa shape index (κ1) is 15.9. The minimum Gasteiger partial charge on any atom is -0.467 e. The lowest BCUT2D eigenvalue weighted by molar-refractivity contribution is -0.169. The first-order valence-electron chi connectivity index (χ1n) is 7.06. The van der Waals surface area contributed by atoms with Crippen molar-refractivity contribution in [3.8, 4) is 0 Å². The van der Waals surface area contributed by atoms with Crippen LogP contribution in [0.2, 0.25) is 0 Å². The maximum atomic E-state index is 12.6. The van der Waals surface area contributed by atoms with Gasteiger partial charge in [-0.05, 0) is 12.8 Å². The van der Waals surface area contributed by atoms with Gasteiger partial charge in [0.15, 0.2) is 12.2 Å². The molecule has 21 heavy (non-hydrogen) atoms. The molecule has 0 aromatic heterocycles. The van der Waals surface area contributed by atoms with Crippen LogP contribution in [0.4, 0.5) is 0 Å². The first-order valence-corrected chi connectivity index (χ1v) is 7.06. The predicted molar refractivity (Wildman–Crippen MR) is 72.5 cm³/mol. The van der Waals surface area contributed by atoms with E-state index in [2.05, 4.69) is 4.74 Å². The smallest absolute Gasteiger partial charge is 0.338 e. The van der Waals surface area contributed by atoms with Crippen LogP contribution >= 0.6 is 0 Å². The maximum absolute atomic E-state index is 12.6. The average Bonchev–Trinajstić information content (AvgIpc) is 2.95. The zero-order valence-corrected chi connectivity index (χ0v) is 12.1. The molecule has 0 radical (unpaired) electrons. The van der Waals surface area contributed by atoms with E-state index in [9.17, 15) is 14.7 Å². The third-order valence-electron chi connectivity index (χ3n) is 3.70. The van der Waals surface area contributed by atoms with Crippen LogP contribution in [-0.4, -0.2) is 73.6 Å². The lowest BCUT2D eigenvalue weighted by Gasteiger charge is -2.29. The molecular weight excluding hydrogens is 278 g/mol. The zero-order valence-electron chi connectivity index (χ0n) is 12.1. The van der Waals surface area contributed by atoms with Gasteiger partial charge in [0.2, 0.25) is 0 Å². The number of hydrogen-bond acceptors (Lipinski definition) is 6. The fourth-order valence-corrected chi connectivity index (χ4v) is 2.57. The van der Waals surface area contributed by atoms with Crippen molar-refractivity contribution in [1.82, 2.24) is 4.90 Å². The van der Waals surface area contributed by atoms with Crippen molar-refractivity contribution in [3.05, 3.63) is 12.2 Å². The molecule has 2 aliphatic heterocycles. The molecule has 2 rings (SSSR count). The molecule has 7 nitrogen and oxygen atoms in total. The normalized spacial score (nSPS) is 28.7. The second kappa shape index (κ2) is 7.53. The predicted octanol–water partition coefficient (Wildman–Crippen LogP) is -0.517. The summed E-state index contributed by atoms with van der Waals surface area (Å²) in [5.41, 5.74) is 0. The molecule has 2 heterocycles. The van der Waals surface area contributed by atoms with Crippen molar-refractivity contribution in [3.63, 3.8) is 0 Å². The number of nitrogens with zero attached hydrogens (tertiary/aromatic N) is 1. The van der Waals surface area contributed by atoms with Crippen LogP contribution in [0.15, 0.2) is 12.2 Å². The molecule has 7 heteroatoms. The molecule has 0 spiro atoms. The van der Waals surface area contributed by atoms with Gasteiger partial charge < -0.3 is 24.2 Å². The number of aliphatic hydroxyl groups excluding tert-OH is 1. The Morgan fingerprint density at radius 2 is 2.24 bits per heavy atom. The maximum Gasteiger partial charge on any atom is 0.338 e. The Kier molecular flexibility index (Phi) is 5.72. The highest BCUT2D eigenvalue weighted by Gasteiger charge is 2.40. The molecule has 0 bridgehead atoms. The second-order valence-corrected chi connectivity index (χ2v) is 5.06. The van der Waals surface area contributed by atoms with E-state index in [1.54, 1.807) is 17.1 Å². The summed E-state index contributed by atoms with van der Waals surface area (Å²) in [5, 5.41) is 9.98. The van der Waals surface area contributed by atoms with Gasteiger partial charge in [-0.1, -0.05) is 12.2 Å². The zero-order chi connectivity index (χ0) is 15.2. The van der Waals surface area contributed by atoms with Crippen LogP contribution in [0.1, 0.15) is 12.8 Å². The number of methoxy groups -OCH3 is 1. The van der Waals surface area contributed by atoms with Crippen LogP contribution < -0.4 is 0 Å². The number of amides is 1. The minimum atomic E-state index is -1.63. The van der Waals surface area contributed by atoms with Gasteiger partial charge in [-0.15, -0.1) is 0 Å². The molecule has 1 fully saturated rings. The highest BCUT2D eigenvalue weighted by Crippen LogP contribution is 2.21. The monoisotopic (exact) mass is 299 g/mol. The number of fused-ring (bicyclic) bond motifs is 1. The van der Waals surface area contributed by atoms with E-state index in [0.29, 0.717) is 19.8 Å². The third kappa shape index (κ3) is 3.81. The lowest BCUT2D eigenvalue weighted by atomic mass is 10.1. The summed E-state index contributed by atoms with van der Waals surface area (Å²) in [6, 6.07) is -0.0417. The topological polar surface area (TPSA) is 85.3 Å². The van der Waals surface area contributed by atoms with Crippen molar-refractivity contribution in [2.45, 2.75) is 31.1 Å². The van der Waals surface area contributed by atoms with E-state index < -0.39 is 24.1 Å². The van der Waals surface area contributed by atoms with E-state index in [1.165, 1.54) is 0 Å². The van der Waals surface area contributed by atoms with Gasteiger partial charge in [-0.25, -0.2) is 4.79 Å². The van der Waals surface area contributed by atoms with E-state index in [0.717, 1.165) is 20.0 Å². The van der Waals surface area contributed by atoms with Gasteiger partial charge >= 0.3 is 5.97 Å². The molecule has 118 valence electrons. The quantitative estimate of drug-likeness (QED) is 0.546. The Labute approximate surface area is 123 Å². The molecule has 2 aliphatic rings. The van der Waals surface area contributed by atoms with Crippen molar-refractivity contribution in [2.24, 2.45) is 0 Å². The van der Waals surface area contributed by atoms with E-state index in [-0.39, 0.29) is 12.6 Å². The SMILES string of the molecule is COC(=O)[C@H](O)[C@H]1OCC=CCOC[C@H]2CCCN2C1=O. The molecule has 1 saturated heterocycles. The lowest BCUT2D eigenvalue weighted by Crippen LogP contribution is -2.51. The molecule has 0 saturated carbocycles. The molecule has 0 aromatic rings. The first-order chi connectivity index (χ1) is 10.1. The van der Waals surface area contributed by atoms with Crippen LogP contribution in [0.3, 0.4) is 0 Å². The second-order valence-electron chi connectivity index (χ2n) is 5.06. The van der Waals surface area contributed by atoms with Crippen molar-refractivity contribution >= 4 is 11.9 Å². The van der Waals surface area contributed by atoms with Crippen molar-refractivity contribution in [2.75, 3.05) is 33.5 Å². The molecule has 3 atom stereocenters. The number of ether oxygens (including phenoxy) is 3. The van der Waals surface area contributed by atoms with Crippen LogP contribution in [0, 0.1) is 0 Å². The molecule has 0 aliphatic carbocycles. The van der Waals surface area contributed by atoms with Crippen LogP contribution in [-0.2, 0) is 23.8 Å². The molecule has 1 N–H and O–H groups in total. The molecule has 0 unspecified atom stereocenters. The summed E-state index contributed by atoms with van der Waals surface area (Å²) in [4.78, 5) is 25.7. The number of esters is 1. The van der Waals surface area contributed by atoms with Gasteiger partial charge in [-0.2, -0.15) is 0 Å². The van der Waals surface area contributed by atoms with Gasteiger partial charge in [-0.3, -0.25) is 4.79 Å². The largest absolute Gasteiger partial charge is 0.467 e. The standard InChI is InChI=1S/C14H21NO6/c1-19-14(18)11(16)12-13(17)15-6-4-5-10(15)9-20-7-2-3-8-21-12/h2-3,10-12,16H,4-9H2,1H3/t10-,11-,12-/m1/s1. The minimum absolute atomic E-state index is 0.0417. The Bertz CT molecular complexity index is 410. The number of rotatable bonds is 2. The van der Waals surface area contributed by atoms with E-state index in [4.69, 9.17) is 9.47 Å². The summed E-state index contributed by atoms with van der Waals surface area (Å²) in [6.07, 6.45) is 2.32. The Morgan fingerprint density at radius 1 is 1.48 bits per heavy atom. The summed E-state index contributed by atoms with van der Waals surface area (Å²) < 4.78 is 15.4. The number of carbonyl (C=O) groups is 2. The Hall–Kier alpha value is -1.44. The van der Waals surface area contributed by atoms with E-state index in [1.807, 2.05) is 0 Å². The summed E-state index contributed by atoms with van der Waals surface area (Å²) >= 11 is 0. The fourth-order valence-electron chi connectivity index (χ4n) is 2.57. The third-order valence-corrected chi connectivity index (χ3v) is 3.70. The number of aliphatic hydroxyl groups is 1. The molecule has 1 amide bonds. The number of hydrogen-bond donors (Lipinski definition) is 1. The summed E-state index contributed by atoms with van der Waals surface area (Å²) in [5.74, 6) is -1.27. The highest BCUT2D eigenvalue weighted by atomic mass is 16.6. The van der Waals surface area contributed by atoms with Gasteiger partial charge in [0.05, 0.1) is 33.0 Å². The Balaban J connectivity index is 2.17. The molecule has 0 aromatic carbocycles. The van der Waals surface area contributed by atoms with Crippen molar-refractivity contribution < 1.29 is 28.9 Å².